The molecule has 0 radical (unpaired) electrons. The smallest absolute Gasteiger partial charge is 0.335 e. The van der Waals surface area contributed by atoms with E-state index in [0.29, 0.717) is 5.56 Å². The first-order chi connectivity index (χ1) is 14.3. The Kier molecular flexibility index (Phi) is 4.79. The fraction of sp³-hybridized carbons (Fsp3) is 0.143. The van der Waals surface area contributed by atoms with E-state index < -0.39 is 21.8 Å². The van der Waals surface area contributed by atoms with Crippen LogP contribution in [0.2, 0.25) is 0 Å². The molecule has 0 amide bonds. The molecule has 1 saturated carbocycles. The van der Waals surface area contributed by atoms with Crippen LogP contribution in [0, 0.1) is 17.1 Å². The van der Waals surface area contributed by atoms with Gasteiger partial charge in [0.1, 0.15) is 11.9 Å². The number of rotatable bonds is 6. The van der Waals surface area contributed by atoms with Crippen molar-refractivity contribution in [1.82, 2.24) is 4.57 Å². The number of anilines is 1. The van der Waals surface area contributed by atoms with Gasteiger partial charge in [0.2, 0.25) is 0 Å². The van der Waals surface area contributed by atoms with Crippen LogP contribution >= 0.6 is 0 Å². The van der Waals surface area contributed by atoms with Gasteiger partial charge in [-0.2, -0.15) is 5.26 Å². The largest absolute Gasteiger partial charge is 0.478 e. The lowest BCUT2D eigenvalue weighted by atomic mass is 10.1. The highest BCUT2D eigenvalue weighted by molar-refractivity contribution is 7.92. The minimum atomic E-state index is -4.21. The van der Waals surface area contributed by atoms with E-state index in [-0.39, 0.29) is 33.3 Å². The van der Waals surface area contributed by atoms with E-state index >= 15 is 0 Å². The van der Waals surface area contributed by atoms with E-state index in [9.17, 15) is 22.7 Å². The Morgan fingerprint density at radius 2 is 1.90 bits per heavy atom. The van der Waals surface area contributed by atoms with Gasteiger partial charge < -0.3 is 9.67 Å². The zero-order valence-electron chi connectivity index (χ0n) is 15.5. The van der Waals surface area contributed by atoms with Gasteiger partial charge in [-0.3, -0.25) is 4.72 Å². The Balaban J connectivity index is 1.84. The Morgan fingerprint density at radius 1 is 1.20 bits per heavy atom. The molecule has 0 bridgehead atoms. The van der Waals surface area contributed by atoms with Crippen LogP contribution < -0.4 is 4.72 Å². The van der Waals surface area contributed by atoms with Gasteiger partial charge in [0.05, 0.1) is 27.4 Å². The van der Waals surface area contributed by atoms with Crippen molar-refractivity contribution in [2.75, 3.05) is 4.72 Å². The maximum atomic E-state index is 14.2. The minimum Gasteiger partial charge on any atom is -0.478 e. The first-order valence-electron chi connectivity index (χ1n) is 9.07. The van der Waals surface area contributed by atoms with Gasteiger partial charge in [0.25, 0.3) is 10.0 Å². The second-order valence-electron chi connectivity index (χ2n) is 6.99. The van der Waals surface area contributed by atoms with Gasteiger partial charge in [0.15, 0.2) is 0 Å². The number of aromatic carboxylic acids is 1. The fourth-order valence-corrected chi connectivity index (χ4v) is 4.66. The maximum absolute atomic E-state index is 14.2. The molecule has 3 aromatic rings. The SMILES string of the molecule is N#Cc1cc(NS(=O)(=O)c2cc(C(=O)O)ccc2C2CC2)c(-n2cccc2)cc1F. The molecule has 0 atom stereocenters. The predicted octanol–water partition coefficient (Wildman–Crippen LogP) is 3.86. The average Bonchev–Trinajstić information content (AvgIpc) is 3.42. The molecular formula is C21H16FN3O4S. The molecule has 1 aromatic heterocycles. The summed E-state index contributed by atoms with van der Waals surface area (Å²) in [5.74, 6) is -1.97. The third kappa shape index (κ3) is 3.65. The van der Waals surface area contributed by atoms with Crippen LogP contribution in [0.4, 0.5) is 10.1 Å². The number of halogens is 1. The number of nitriles is 1. The van der Waals surface area contributed by atoms with E-state index in [1.54, 1.807) is 30.6 Å². The molecule has 9 heteroatoms. The molecule has 0 spiro atoms. The molecule has 1 fully saturated rings. The Morgan fingerprint density at radius 3 is 2.50 bits per heavy atom. The minimum absolute atomic E-state index is 0.00613. The van der Waals surface area contributed by atoms with Crippen molar-refractivity contribution in [2.24, 2.45) is 0 Å². The van der Waals surface area contributed by atoms with Crippen molar-refractivity contribution in [1.29, 1.82) is 5.26 Å². The lowest BCUT2D eigenvalue weighted by Gasteiger charge is -2.16. The lowest BCUT2D eigenvalue weighted by molar-refractivity contribution is 0.0696. The Hall–Kier alpha value is -3.64. The molecule has 1 aliphatic carbocycles. The molecule has 2 N–H and O–H groups in total. The third-order valence-corrected chi connectivity index (χ3v) is 6.32. The van der Waals surface area contributed by atoms with Gasteiger partial charge in [-0.05, 0) is 54.7 Å². The molecule has 0 saturated heterocycles. The first kappa shape index (κ1) is 19.7. The molecule has 7 nitrogen and oxygen atoms in total. The molecule has 0 unspecified atom stereocenters. The number of nitrogens with zero attached hydrogens (tertiary/aromatic N) is 2. The first-order valence-corrected chi connectivity index (χ1v) is 10.6. The fourth-order valence-electron chi connectivity index (χ4n) is 3.27. The summed E-state index contributed by atoms with van der Waals surface area (Å²) in [6.45, 7) is 0. The topological polar surface area (TPSA) is 112 Å². The number of nitrogens with one attached hydrogen (secondary N) is 1. The molecule has 2 aromatic carbocycles. The number of hydrogen-bond donors (Lipinski definition) is 2. The molecule has 1 heterocycles. The summed E-state index contributed by atoms with van der Waals surface area (Å²) >= 11 is 0. The molecular weight excluding hydrogens is 409 g/mol. The van der Waals surface area contributed by atoms with Crippen LogP contribution in [0.5, 0.6) is 0 Å². The highest BCUT2D eigenvalue weighted by Crippen LogP contribution is 2.43. The van der Waals surface area contributed by atoms with E-state index in [1.165, 1.54) is 16.7 Å². The number of hydrogen-bond acceptors (Lipinski definition) is 4. The summed E-state index contributed by atoms with van der Waals surface area (Å²) in [5.41, 5.74) is 0.277. The number of benzene rings is 2. The van der Waals surface area contributed by atoms with Crippen molar-refractivity contribution >= 4 is 21.7 Å². The van der Waals surface area contributed by atoms with Crippen molar-refractivity contribution in [3.8, 4) is 11.8 Å². The predicted molar refractivity (Wildman–Crippen MR) is 107 cm³/mol. The van der Waals surface area contributed by atoms with Gasteiger partial charge in [-0.1, -0.05) is 6.07 Å². The summed E-state index contributed by atoms with van der Waals surface area (Å²) < 4.78 is 44.6. The number of carboxylic acid groups (broad SMARTS) is 1. The van der Waals surface area contributed by atoms with Crippen LogP contribution in [0.15, 0.2) is 59.8 Å². The summed E-state index contributed by atoms with van der Waals surface area (Å²) in [6.07, 6.45) is 4.86. The molecule has 152 valence electrons. The molecule has 4 rings (SSSR count). The zero-order valence-corrected chi connectivity index (χ0v) is 16.4. The number of carboxylic acids is 1. The third-order valence-electron chi connectivity index (χ3n) is 4.90. The van der Waals surface area contributed by atoms with Crippen molar-refractivity contribution in [3.63, 3.8) is 0 Å². The van der Waals surface area contributed by atoms with Crippen LogP contribution in [-0.2, 0) is 10.0 Å². The molecule has 30 heavy (non-hydrogen) atoms. The van der Waals surface area contributed by atoms with Gasteiger partial charge >= 0.3 is 5.97 Å². The normalized spacial score (nSPS) is 13.6. The highest BCUT2D eigenvalue weighted by atomic mass is 32.2. The Bertz CT molecular complexity index is 1290. The van der Waals surface area contributed by atoms with Crippen molar-refractivity contribution in [3.05, 3.63) is 77.4 Å². The number of aromatic nitrogens is 1. The summed E-state index contributed by atoms with van der Waals surface area (Å²) in [6, 6.07) is 11.3. The molecule has 1 aliphatic rings. The van der Waals surface area contributed by atoms with E-state index in [2.05, 4.69) is 4.72 Å². The van der Waals surface area contributed by atoms with Crippen molar-refractivity contribution in [2.45, 2.75) is 23.7 Å². The monoisotopic (exact) mass is 425 g/mol. The van der Waals surface area contributed by atoms with E-state index in [0.717, 1.165) is 31.0 Å². The Labute approximate surface area is 172 Å². The van der Waals surface area contributed by atoms with E-state index in [4.69, 9.17) is 5.26 Å². The zero-order chi connectivity index (χ0) is 21.5. The van der Waals surface area contributed by atoms with Gasteiger partial charge in [0, 0.05) is 18.5 Å². The summed E-state index contributed by atoms with van der Waals surface area (Å²) in [5, 5.41) is 18.4. The second-order valence-corrected chi connectivity index (χ2v) is 8.64. The molecule has 0 aliphatic heterocycles. The van der Waals surface area contributed by atoms with Crippen molar-refractivity contribution < 1.29 is 22.7 Å². The quantitative estimate of drug-likeness (QED) is 0.623. The summed E-state index contributed by atoms with van der Waals surface area (Å²) in [7, 11) is -4.21. The summed E-state index contributed by atoms with van der Waals surface area (Å²) in [4.78, 5) is 11.2. The highest BCUT2D eigenvalue weighted by Gasteiger charge is 2.31. The standard InChI is InChI=1S/C21H16FN3O4S/c22-17-11-19(25-7-1-2-8-25)18(9-15(17)12-23)24-30(28,29)20-10-14(21(26)27)5-6-16(20)13-3-4-13/h1-2,5-11,13,24H,3-4H2,(H,26,27). The van der Waals surface area contributed by atoms with Gasteiger partial charge in [-0.15, -0.1) is 0 Å². The van der Waals surface area contributed by atoms with Crippen LogP contribution in [0.3, 0.4) is 0 Å². The van der Waals surface area contributed by atoms with E-state index in [1.807, 2.05) is 0 Å². The van der Waals surface area contributed by atoms with Gasteiger partial charge in [-0.25, -0.2) is 17.6 Å². The van der Waals surface area contributed by atoms with Crippen LogP contribution in [-0.4, -0.2) is 24.1 Å². The maximum Gasteiger partial charge on any atom is 0.335 e. The number of sulfonamides is 1. The average molecular weight is 425 g/mol. The second kappa shape index (κ2) is 7.31. The van der Waals surface area contributed by atoms with Crippen LogP contribution in [0.25, 0.3) is 5.69 Å². The lowest BCUT2D eigenvalue weighted by Crippen LogP contribution is -2.17. The number of carbonyl (C=O) groups is 1. The van der Waals surface area contributed by atoms with Crippen LogP contribution in [0.1, 0.15) is 40.2 Å².